The molecule has 0 amide bonds. The molecule has 168 valence electrons. The van der Waals surface area contributed by atoms with Gasteiger partial charge in [0.15, 0.2) is 0 Å². The third-order valence-corrected chi connectivity index (χ3v) is 4.54. The Bertz CT molecular complexity index is 1260. The summed E-state index contributed by atoms with van der Waals surface area (Å²) in [6.07, 6.45) is 0. The molecule has 0 aliphatic rings. The summed E-state index contributed by atoms with van der Waals surface area (Å²) in [6.45, 7) is 1.07. The number of carbonyl (C=O) groups excluding carboxylic acids is 1. The lowest BCUT2D eigenvalue weighted by Crippen LogP contribution is -2.09. The predicted molar refractivity (Wildman–Crippen MR) is 113 cm³/mol. The van der Waals surface area contributed by atoms with Gasteiger partial charge >= 0.3 is 5.97 Å². The third kappa shape index (κ3) is 5.44. The van der Waals surface area contributed by atoms with Crippen LogP contribution in [0.5, 0.6) is 11.5 Å². The van der Waals surface area contributed by atoms with E-state index >= 15 is 0 Å². The standard InChI is InChI=1S/C21H15N3O9/c1-13-19(10-16(23(28)29)11-20(13)24(30)31)21(25)32-12-14-3-2-4-18(9-14)33-17-7-5-15(6-8-17)22(26)27/h2-11H,12H2,1H3. The van der Waals surface area contributed by atoms with Crippen LogP contribution in [0.1, 0.15) is 21.5 Å². The largest absolute Gasteiger partial charge is 0.457 e. The van der Waals surface area contributed by atoms with Crippen molar-refractivity contribution in [2.75, 3.05) is 0 Å². The molecule has 0 heterocycles. The second-order valence-corrected chi connectivity index (χ2v) is 6.73. The van der Waals surface area contributed by atoms with Gasteiger partial charge in [-0.3, -0.25) is 30.3 Å². The van der Waals surface area contributed by atoms with Crippen LogP contribution in [0.25, 0.3) is 0 Å². The quantitative estimate of drug-likeness (QED) is 0.263. The van der Waals surface area contributed by atoms with Crippen LogP contribution in [0.4, 0.5) is 17.1 Å². The highest BCUT2D eigenvalue weighted by Crippen LogP contribution is 2.29. The molecule has 3 rings (SSSR count). The Kier molecular flexibility index (Phi) is 6.57. The van der Waals surface area contributed by atoms with Crippen molar-refractivity contribution in [2.45, 2.75) is 13.5 Å². The first kappa shape index (κ1) is 22.8. The number of esters is 1. The van der Waals surface area contributed by atoms with Crippen molar-refractivity contribution in [3.8, 4) is 11.5 Å². The summed E-state index contributed by atoms with van der Waals surface area (Å²) < 4.78 is 10.8. The Morgan fingerprint density at radius 1 is 0.818 bits per heavy atom. The number of nitro groups is 3. The molecule has 0 N–H and O–H groups in total. The molecule has 0 spiro atoms. The lowest BCUT2D eigenvalue weighted by molar-refractivity contribution is -0.394. The molecule has 0 saturated carbocycles. The first-order valence-corrected chi connectivity index (χ1v) is 9.27. The van der Waals surface area contributed by atoms with E-state index in [1.54, 1.807) is 24.3 Å². The van der Waals surface area contributed by atoms with Crippen molar-refractivity contribution < 1.29 is 29.0 Å². The molecule has 0 radical (unpaired) electrons. The number of non-ortho nitro benzene ring substituents is 2. The fourth-order valence-electron chi connectivity index (χ4n) is 2.89. The fourth-order valence-corrected chi connectivity index (χ4v) is 2.89. The fraction of sp³-hybridized carbons (Fsp3) is 0.0952. The van der Waals surface area contributed by atoms with Gasteiger partial charge in [0.05, 0.1) is 26.4 Å². The Labute approximate surface area is 185 Å². The van der Waals surface area contributed by atoms with Crippen LogP contribution in [0.3, 0.4) is 0 Å². The van der Waals surface area contributed by atoms with Gasteiger partial charge < -0.3 is 9.47 Å². The average Bonchev–Trinajstić information content (AvgIpc) is 2.78. The summed E-state index contributed by atoms with van der Waals surface area (Å²) in [6, 6.07) is 13.6. The molecule has 0 unspecified atom stereocenters. The molecule has 3 aromatic rings. The van der Waals surface area contributed by atoms with Crippen molar-refractivity contribution in [1.82, 2.24) is 0 Å². The van der Waals surface area contributed by atoms with Gasteiger partial charge in [-0.15, -0.1) is 0 Å². The molecule has 0 bridgehead atoms. The number of ether oxygens (including phenoxy) is 2. The van der Waals surface area contributed by atoms with Crippen molar-refractivity contribution >= 4 is 23.0 Å². The minimum atomic E-state index is -0.957. The maximum Gasteiger partial charge on any atom is 0.339 e. The van der Waals surface area contributed by atoms with Crippen molar-refractivity contribution in [3.05, 3.63) is 108 Å². The summed E-state index contributed by atoms with van der Waals surface area (Å²) in [4.78, 5) is 43.3. The van der Waals surface area contributed by atoms with E-state index < -0.39 is 32.1 Å². The maximum absolute atomic E-state index is 12.5. The normalized spacial score (nSPS) is 10.3. The zero-order chi connectivity index (χ0) is 24.1. The Balaban J connectivity index is 1.74. The number of benzene rings is 3. The molecule has 0 aromatic heterocycles. The van der Waals surface area contributed by atoms with E-state index in [-0.39, 0.29) is 23.4 Å². The molecule has 33 heavy (non-hydrogen) atoms. The summed E-state index contributed by atoms with van der Waals surface area (Å²) >= 11 is 0. The Morgan fingerprint density at radius 3 is 2.09 bits per heavy atom. The van der Waals surface area contributed by atoms with Crippen LogP contribution in [-0.4, -0.2) is 20.7 Å². The summed E-state index contributed by atoms with van der Waals surface area (Å²) in [5, 5.41) is 33.0. The smallest absolute Gasteiger partial charge is 0.339 e. The number of hydrogen-bond donors (Lipinski definition) is 0. The SMILES string of the molecule is Cc1c(C(=O)OCc2cccc(Oc3ccc([N+](=O)[O-])cc3)c2)cc([N+](=O)[O-])cc1[N+](=O)[O-]. The minimum absolute atomic E-state index is 0.0501. The van der Waals surface area contributed by atoms with Crippen molar-refractivity contribution in [1.29, 1.82) is 0 Å². The first-order chi connectivity index (χ1) is 15.7. The van der Waals surface area contributed by atoms with Gasteiger partial charge in [0.25, 0.3) is 17.1 Å². The number of hydrogen-bond acceptors (Lipinski definition) is 9. The molecule has 0 fully saturated rings. The highest BCUT2D eigenvalue weighted by molar-refractivity contribution is 5.93. The van der Waals surface area contributed by atoms with Crippen molar-refractivity contribution in [2.24, 2.45) is 0 Å². The number of rotatable bonds is 8. The zero-order valence-corrected chi connectivity index (χ0v) is 17.0. The molecule has 0 saturated heterocycles. The van der Waals surface area contributed by atoms with E-state index in [1.165, 1.54) is 31.2 Å². The van der Waals surface area contributed by atoms with Gasteiger partial charge in [-0.25, -0.2) is 4.79 Å². The van der Waals surface area contributed by atoms with Gasteiger partial charge in [0.1, 0.15) is 18.1 Å². The van der Waals surface area contributed by atoms with Gasteiger partial charge in [-0.05, 0) is 36.8 Å². The average molecular weight is 453 g/mol. The van der Waals surface area contributed by atoms with Crippen LogP contribution in [0.15, 0.2) is 60.7 Å². The van der Waals surface area contributed by atoms with Crippen molar-refractivity contribution in [3.63, 3.8) is 0 Å². The molecular formula is C21H15N3O9. The van der Waals surface area contributed by atoms with E-state index in [1.807, 2.05) is 0 Å². The Morgan fingerprint density at radius 2 is 1.48 bits per heavy atom. The van der Waals surface area contributed by atoms with Gasteiger partial charge in [0.2, 0.25) is 0 Å². The molecule has 12 heteroatoms. The number of nitrogens with zero attached hydrogens (tertiary/aromatic N) is 3. The lowest BCUT2D eigenvalue weighted by atomic mass is 10.1. The van der Waals surface area contributed by atoms with Gasteiger partial charge in [0, 0.05) is 23.8 Å². The van der Waals surface area contributed by atoms with E-state index in [0.29, 0.717) is 17.1 Å². The third-order valence-electron chi connectivity index (χ3n) is 4.54. The highest BCUT2D eigenvalue weighted by Gasteiger charge is 2.25. The second kappa shape index (κ2) is 9.51. The first-order valence-electron chi connectivity index (χ1n) is 9.27. The zero-order valence-electron chi connectivity index (χ0n) is 17.0. The number of carbonyl (C=O) groups is 1. The van der Waals surface area contributed by atoms with Crippen LogP contribution in [-0.2, 0) is 11.3 Å². The van der Waals surface area contributed by atoms with E-state index in [0.717, 1.165) is 12.1 Å². The van der Waals surface area contributed by atoms with E-state index in [2.05, 4.69) is 0 Å². The van der Waals surface area contributed by atoms with Crippen LogP contribution >= 0.6 is 0 Å². The molecule has 12 nitrogen and oxygen atoms in total. The minimum Gasteiger partial charge on any atom is -0.457 e. The molecule has 0 aliphatic heterocycles. The summed E-state index contributed by atoms with van der Waals surface area (Å²) in [5.41, 5.74) is -1.06. The topological polar surface area (TPSA) is 165 Å². The molecule has 3 aromatic carbocycles. The van der Waals surface area contributed by atoms with E-state index in [4.69, 9.17) is 9.47 Å². The Hall–Kier alpha value is -4.87. The lowest BCUT2D eigenvalue weighted by Gasteiger charge is -2.10. The summed E-state index contributed by atoms with van der Waals surface area (Å²) in [7, 11) is 0. The highest BCUT2D eigenvalue weighted by atomic mass is 16.6. The van der Waals surface area contributed by atoms with Gasteiger partial charge in [-0.2, -0.15) is 0 Å². The van der Waals surface area contributed by atoms with Crippen LogP contribution in [0, 0.1) is 37.3 Å². The van der Waals surface area contributed by atoms with Crippen LogP contribution < -0.4 is 4.74 Å². The van der Waals surface area contributed by atoms with E-state index in [9.17, 15) is 35.1 Å². The predicted octanol–water partition coefficient (Wildman–Crippen LogP) is 4.87. The monoisotopic (exact) mass is 453 g/mol. The van der Waals surface area contributed by atoms with Gasteiger partial charge in [-0.1, -0.05) is 12.1 Å². The molecule has 0 atom stereocenters. The molecular weight excluding hydrogens is 438 g/mol. The second-order valence-electron chi connectivity index (χ2n) is 6.73. The molecule has 0 aliphatic carbocycles. The number of nitro benzene ring substituents is 3. The maximum atomic E-state index is 12.5. The summed E-state index contributed by atoms with van der Waals surface area (Å²) in [5.74, 6) is -0.227. The van der Waals surface area contributed by atoms with Crippen LogP contribution in [0.2, 0.25) is 0 Å².